The lowest BCUT2D eigenvalue weighted by Gasteiger charge is -2.29. The fourth-order valence-electron chi connectivity index (χ4n) is 2.00. The molecule has 1 atom stereocenters. The summed E-state index contributed by atoms with van der Waals surface area (Å²) >= 11 is 7.60. The molecule has 0 radical (unpaired) electrons. The molecular weight excluding hydrogens is 302 g/mol. The van der Waals surface area contributed by atoms with Gasteiger partial charge in [-0.15, -0.1) is 23.4 Å². The molecule has 2 aromatic rings. The minimum Gasteiger partial charge on any atom is -0.345 e. The van der Waals surface area contributed by atoms with Gasteiger partial charge in [-0.25, -0.2) is 0 Å². The number of hydrogen-bond acceptors (Lipinski definition) is 2. The Labute approximate surface area is 134 Å². The molecule has 4 heteroatoms. The molecule has 0 fully saturated rings. The third-order valence-electron chi connectivity index (χ3n) is 3.21. The van der Waals surface area contributed by atoms with Gasteiger partial charge in [-0.2, -0.15) is 0 Å². The Kier molecular flexibility index (Phi) is 5.71. The molecule has 0 bridgehead atoms. The lowest BCUT2D eigenvalue weighted by atomic mass is 9.94. The molecule has 2 aromatic carbocycles. The first-order valence-corrected chi connectivity index (χ1v) is 8.26. The molecule has 0 spiro atoms. The number of thioether (sulfide) groups is 1. The Morgan fingerprint density at radius 3 is 2.24 bits per heavy atom. The van der Waals surface area contributed by atoms with Crippen LogP contribution in [0.5, 0.6) is 0 Å². The number of nitrogens with one attached hydrogen (secondary N) is 1. The van der Waals surface area contributed by atoms with Gasteiger partial charge in [0.15, 0.2) is 0 Å². The highest BCUT2D eigenvalue weighted by Gasteiger charge is 2.27. The van der Waals surface area contributed by atoms with E-state index in [2.05, 4.69) is 5.32 Å². The molecule has 0 heterocycles. The molecule has 2 rings (SSSR count). The maximum absolute atomic E-state index is 12.2. The predicted molar refractivity (Wildman–Crippen MR) is 89.8 cm³/mol. The fourth-order valence-corrected chi connectivity index (χ4v) is 2.94. The van der Waals surface area contributed by atoms with Crippen LogP contribution in [-0.2, 0) is 10.3 Å². The summed E-state index contributed by atoms with van der Waals surface area (Å²) in [6.07, 6.45) is 0. The van der Waals surface area contributed by atoms with Gasteiger partial charge in [0, 0.05) is 10.8 Å². The van der Waals surface area contributed by atoms with E-state index in [0.717, 1.165) is 10.5 Å². The highest BCUT2D eigenvalue weighted by atomic mass is 35.5. The normalized spacial score (nSPS) is 13.4. The predicted octanol–water partition coefficient (Wildman–Crippen LogP) is 4.05. The van der Waals surface area contributed by atoms with E-state index in [-0.39, 0.29) is 5.91 Å². The maximum atomic E-state index is 12.2. The lowest BCUT2D eigenvalue weighted by molar-refractivity contribution is -0.120. The highest BCUT2D eigenvalue weighted by Crippen LogP contribution is 2.23. The van der Waals surface area contributed by atoms with Gasteiger partial charge < -0.3 is 5.32 Å². The van der Waals surface area contributed by atoms with Gasteiger partial charge in [-0.3, -0.25) is 4.79 Å². The molecule has 21 heavy (non-hydrogen) atoms. The molecule has 1 amide bonds. The van der Waals surface area contributed by atoms with Crippen LogP contribution in [0.25, 0.3) is 0 Å². The van der Waals surface area contributed by atoms with E-state index in [9.17, 15) is 4.79 Å². The summed E-state index contributed by atoms with van der Waals surface area (Å²) in [5, 5.41) is 3.04. The number of alkyl halides is 1. The first kappa shape index (κ1) is 15.9. The zero-order chi connectivity index (χ0) is 15.1. The number of amides is 1. The van der Waals surface area contributed by atoms with Crippen LogP contribution < -0.4 is 5.32 Å². The SMILES string of the molecule is CC(CCl)(NC(=O)CSc1ccccc1)c1ccccc1. The summed E-state index contributed by atoms with van der Waals surface area (Å²) in [6.45, 7) is 1.94. The summed E-state index contributed by atoms with van der Waals surface area (Å²) in [7, 11) is 0. The molecule has 0 aromatic heterocycles. The molecule has 0 aliphatic heterocycles. The second-order valence-corrected chi connectivity index (χ2v) is 6.30. The van der Waals surface area contributed by atoms with Crippen molar-refractivity contribution >= 4 is 29.3 Å². The van der Waals surface area contributed by atoms with Crippen molar-refractivity contribution in [3.63, 3.8) is 0 Å². The summed E-state index contributed by atoms with van der Waals surface area (Å²) in [5.74, 6) is 0.693. The molecule has 0 aliphatic rings. The minimum atomic E-state index is -0.544. The van der Waals surface area contributed by atoms with Gasteiger partial charge in [0.25, 0.3) is 0 Å². The van der Waals surface area contributed by atoms with Crippen LogP contribution in [0.4, 0.5) is 0 Å². The van der Waals surface area contributed by atoms with E-state index in [1.54, 1.807) is 0 Å². The Morgan fingerprint density at radius 2 is 1.67 bits per heavy atom. The third kappa shape index (κ3) is 4.51. The average molecular weight is 320 g/mol. The molecule has 1 N–H and O–H groups in total. The van der Waals surface area contributed by atoms with Crippen molar-refractivity contribution in [2.75, 3.05) is 11.6 Å². The van der Waals surface area contributed by atoms with Gasteiger partial charge in [0.2, 0.25) is 5.91 Å². The van der Waals surface area contributed by atoms with Crippen molar-refractivity contribution in [2.24, 2.45) is 0 Å². The number of carbonyl (C=O) groups excluding carboxylic acids is 1. The molecule has 0 saturated heterocycles. The minimum absolute atomic E-state index is 0.0177. The van der Waals surface area contributed by atoms with Crippen molar-refractivity contribution in [3.05, 3.63) is 66.2 Å². The van der Waals surface area contributed by atoms with E-state index in [1.807, 2.05) is 67.6 Å². The van der Waals surface area contributed by atoms with Crippen LogP contribution in [0, 0.1) is 0 Å². The number of carbonyl (C=O) groups is 1. The number of benzene rings is 2. The van der Waals surface area contributed by atoms with Crippen LogP contribution in [0.3, 0.4) is 0 Å². The van der Waals surface area contributed by atoms with E-state index in [0.29, 0.717) is 11.6 Å². The summed E-state index contributed by atoms with van der Waals surface area (Å²) in [5.41, 5.74) is 0.468. The van der Waals surface area contributed by atoms with Crippen LogP contribution in [0.2, 0.25) is 0 Å². The standard InChI is InChI=1S/C17H18ClNOS/c1-17(13-18,14-8-4-2-5-9-14)19-16(20)12-21-15-10-6-3-7-11-15/h2-11H,12-13H2,1H3,(H,19,20). The monoisotopic (exact) mass is 319 g/mol. The molecule has 110 valence electrons. The highest BCUT2D eigenvalue weighted by molar-refractivity contribution is 8.00. The maximum Gasteiger partial charge on any atom is 0.231 e. The zero-order valence-corrected chi connectivity index (χ0v) is 13.5. The topological polar surface area (TPSA) is 29.1 Å². The molecule has 1 unspecified atom stereocenters. The second kappa shape index (κ2) is 7.53. The summed E-state index contributed by atoms with van der Waals surface area (Å²) < 4.78 is 0. The van der Waals surface area contributed by atoms with Crippen LogP contribution >= 0.6 is 23.4 Å². The summed E-state index contributed by atoms with van der Waals surface area (Å²) in [6, 6.07) is 19.7. The van der Waals surface area contributed by atoms with E-state index in [1.165, 1.54) is 11.8 Å². The second-order valence-electron chi connectivity index (χ2n) is 4.98. The fraction of sp³-hybridized carbons (Fsp3) is 0.235. The third-order valence-corrected chi connectivity index (χ3v) is 4.75. The Bertz CT molecular complexity index is 576. The molecule has 0 aliphatic carbocycles. The van der Waals surface area contributed by atoms with Crippen molar-refractivity contribution in [2.45, 2.75) is 17.4 Å². The first-order chi connectivity index (χ1) is 10.1. The van der Waals surface area contributed by atoms with E-state index >= 15 is 0 Å². The number of hydrogen-bond donors (Lipinski definition) is 1. The van der Waals surface area contributed by atoms with Gasteiger partial charge in [-0.1, -0.05) is 48.5 Å². The lowest BCUT2D eigenvalue weighted by Crippen LogP contribution is -2.45. The van der Waals surface area contributed by atoms with Gasteiger partial charge in [0.05, 0.1) is 11.3 Å². The van der Waals surface area contributed by atoms with Crippen molar-refractivity contribution < 1.29 is 4.79 Å². The Hall–Kier alpha value is -1.45. The molecular formula is C17H18ClNOS. The number of rotatable bonds is 6. The Morgan fingerprint density at radius 1 is 1.10 bits per heavy atom. The summed E-state index contributed by atoms with van der Waals surface area (Å²) in [4.78, 5) is 13.3. The van der Waals surface area contributed by atoms with Crippen LogP contribution in [-0.4, -0.2) is 17.5 Å². The van der Waals surface area contributed by atoms with Crippen molar-refractivity contribution in [3.8, 4) is 0 Å². The van der Waals surface area contributed by atoms with Crippen molar-refractivity contribution in [1.29, 1.82) is 0 Å². The first-order valence-electron chi connectivity index (χ1n) is 6.74. The van der Waals surface area contributed by atoms with Crippen LogP contribution in [0.15, 0.2) is 65.6 Å². The number of halogens is 1. The van der Waals surface area contributed by atoms with Gasteiger partial charge >= 0.3 is 0 Å². The van der Waals surface area contributed by atoms with Crippen LogP contribution in [0.1, 0.15) is 12.5 Å². The Balaban J connectivity index is 1.97. The molecule has 2 nitrogen and oxygen atoms in total. The quantitative estimate of drug-likeness (QED) is 0.643. The van der Waals surface area contributed by atoms with Gasteiger partial charge in [0.1, 0.15) is 0 Å². The average Bonchev–Trinajstić information content (AvgIpc) is 2.54. The van der Waals surface area contributed by atoms with E-state index in [4.69, 9.17) is 11.6 Å². The zero-order valence-electron chi connectivity index (χ0n) is 11.9. The largest absolute Gasteiger partial charge is 0.345 e. The molecule has 0 saturated carbocycles. The van der Waals surface area contributed by atoms with E-state index < -0.39 is 5.54 Å². The van der Waals surface area contributed by atoms with Crippen molar-refractivity contribution in [1.82, 2.24) is 5.32 Å². The smallest absolute Gasteiger partial charge is 0.231 e. The van der Waals surface area contributed by atoms with Gasteiger partial charge in [-0.05, 0) is 24.6 Å².